The summed E-state index contributed by atoms with van der Waals surface area (Å²) in [5.74, 6) is -0.211. The van der Waals surface area contributed by atoms with Gasteiger partial charge in [0.15, 0.2) is 5.69 Å². The van der Waals surface area contributed by atoms with Crippen molar-refractivity contribution >= 4 is 23.6 Å². The summed E-state index contributed by atoms with van der Waals surface area (Å²) in [4.78, 5) is 24.2. The van der Waals surface area contributed by atoms with Gasteiger partial charge in [-0.1, -0.05) is 0 Å². The predicted octanol–water partition coefficient (Wildman–Crippen LogP) is -0.553. The lowest BCUT2D eigenvalue weighted by atomic mass is 10.2. The maximum atomic E-state index is 11.9. The molecule has 1 aliphatic heterocycles. The molecule has 1 amide bonds. The van der Waals surface area contributed by atoms with Crippen LogP contribution in [-0.2, 0) is 4.79 Å². The Bertz CT molecular complexity index is 394. The molecule has 0 aliphatic carbocycles. The van der Waals surface area contributed by atoms with E-state index < -0.39 is 12.0 Å². The van der Waals surface area contributed by atoms with Crippen LogP contribution >= 0.6 is 11.8 Å². The zero-order chi connectivity index (χ0) is 11.5. The largest absolute Gasteiger partial charge is 0.480 e. The SMILES string of the molecule is O=C(O)C1CSCCN1C(=O)c1cn[nH]n1. The average Bonchev–Trinajstić information content (AvgIpc) is 2.81. The fraction of sp³-hybridized carbons (Fsp3) is 0.500. The quantitative estimate of drug-likeness (QED) is 0.721. The van der Waals surface area contributed by atoms with Gasteiger partial charge in [0.25, 0.3) is 5.91 Å². The normalized spacial score (nSPS) is 20.8. The van der Waals surface area contributed by atoms with E-state index in [-0.39, 0.29) is 11.6 Å². The van der Waals surface area contributed by atoms with Gasteiger partial charge in [0.05, 0.1) is 6.20 Å². The van der Waals surface area contributed by atoms with Gasteiger partial charge in [-0.25, -0.2) is 4.79 Å². The van der Waals surface area contributed by atoms with Crippen LogP contribution in [0.1, 0.15) is 10.5 Å². The molecule has 16 heavy (non-hydrogen) atoms. The Morgan fingerprint density at radius 1 is 1.62 bits per heavy atom. The van der Waals surface area contributed by atoms with Gasteiger partial charge in [-0.05, 0) is 0 Å². The van der Waals surface area contributed by atoms with E-state index in [2.05, 4.69) is 15.4 Å². The summed E-state index contributed by atoms with van der Waals surface area (Å²) in [6, 6.07) is -0.775. The molecule has 0 bridgehead atoms. The summed E-state index contributed by atoms with van der Waals surface area (Å²) in [7, 11) is 0. The Kier molecular flexibility index (Phi) is 3.09. The number of hydrogen-bond acceptors (Lipinski definition) is 5. The van der Waals surface area contributed by atoms with E-state index in [1.165, 1.54) is 22.9 Å². The molecule has 0 radical (unpaired) electrons. The molecule has 7 nitrogen and oxygen atoms in total. The average molecular weight is 242 g/mol. The number of H-pyrrole nitrogens is 1. The third-order valence-electron chi connectivity index (χ3n) is 2.31. The fourth-order valence-electron chi connectivity index (χ4n) is 1.50. The Labute approximate surface area is 95.2 Å². The van der Waals surface area contributed by atoms with Crippen LogP contribution in [0.2, 0.25) is 0 Å². The molecule has 86 valence electrons. The van der Waals surface area contributed by atoms with Crippen LogP contribution in [0.25, 0.3) is 0 Å². The second kappa shape index (κ2) is 4.52. The number of amides is 1. The molecule has 0 spiro atoms. The Balaban J connectivity index is 2.17. The molecule has 2 rings (SSSR count). The summed E-state index contributed by atoms with van der Waals surface area (Å²) >= 11 is 1.53. The Morgan fingerprint density at radius 2 is 2.44 bits per heavy atom. The van der Waals surface area contributed by atoms with Gasteiger partial charge in [-0.15, -0.1) is 0 Å². The minimum Gasteiger partial charge on any atom is -0.480 e. The third-order valence-corrected chi connectivity index (χ3v) is 3.33. The highest BCUT2D eigenvalue weighted by Gasteiger charge is 2.33. The van der Waals surface area contributed by atoms with E-state index in [4.69, 9.17) is 5.11 Å². The molecule has 1 saturated heterocycles. The molecule has 2 N–H and O–H groups in total. The fourth-order valence-corrected chi connectivity index (χ4v) is 2.54. The van der Waals surface area contributed by atoms with Gasteiger partial charge >= 0.3 is 5.97 Å². The number of aliphatic carboxylic acids is 1. The summed E-state index contributed by atoms with van der Waals surface area (Å²) < 4.78 is 0. The van der Waals surface area contributed by atoms with Crippen LogP contribution < -0.4 is 0 Å². The first-order valence-electron chi connectivity index (χ1n) is 4.67. The van der Waals surface area contributed by atoms with Crippen molar-refractivity contribution in [2.75, 3.05) is 18.1 Å². The topological polar surface area (TPSA) is 99.2 Å². The number of rotatable bonds is 2. The number of hydrogen-bond donors (Lipinski definition) is 2. The summed E-state index contributed by atoms with van der Waals surface area (Å²) in [5, 5.41) is 18.5. The zero-order valence-corrected chi connectivity index (χ0v) is 9.11. The van der Waals surface area contributed by atoms with Crippen molar-refractivity contribution < 1.29 is 14.7 Å². The molecular formula is C8H10N4O3S. The van der Waals surface area contributed by atoms with Gasteiger partial charge in [0, 0.05) is 18.1 Å². The van der Waals surface area contributed by atoms with Crippen molar-refractivity contribution in [3.8, 4) is 0 Å². The lowest BCUT2D eigenvalue weighted by Crippen LogP contribution is -2.50. The number of carbonyl (C=O) groups excluding carboxylic acids is 1. The maximum Gasteiger partial charge on any atom is 0.327 e. The molecule has 1 unspecified atom stereocenters. The lowest BCUT2D eigenvalue weighted by molar-refractivity contribution is -0.141. The van der Waals surface area contributed by atoms with E-state index in [9.17, 15) is 9.59 Å². The first-order chi connectivity index (χ1) is 7.70. The number of nitrogens with one attached hydrogen (secondary N) is 1. The van der Waals surface area contributed by atoms with Crippen molar-refractivity contribution in [3.63, 3.8) is 0 Å². The lowest BCUT2D eigenvalue weighted by Gasteiger charge is -2.31. The molecule has 1 aromatic rings. The predicted molar refractivity (Wildman–Crippen MR) is 56.2 cm³/mol. The van der Waals surface area contributed by atoms with Crippen molar-refractivity contribution in [2.45, 2.75) is 6.04 Å². The third kappa shape index (κ3) is 2.01. The molecule has 1 aliphatic rings. The van der Waals surface area contributed by atoms with E-state index >= 15 is 0 Å². The van der Waals surface area contributed by atoms with E-state index in [0.717, 1.165) is 5.75 Å². The van der Waals surface area contributed by atoms with Gasteiger partial charge in [0.1, 0.15) is 6.04 Å². The Hall–Kier alpha value is -1.57. The second-order valence-electron chi connectivity index (χ2n) is 3.28. The first kappa shape index (κ1) is 10.9. The standard InChI is InChI=1S/C8H10N4O3S/c13-7(5-3-9-11-10-5)12-1-2-16-4-6(12)8(14)15/h3,6H,1-2,4H2,(H,14,15)(H,9,10,11). The first-order valence-corrected chi connectivity index (χ1v) is 5.83. The number of carboxylic acids is 1. The van der Waals surface area contributed by atoms with Crippen LogP contribution in [0.4, 0.5) is 0 Å². The number of thioether (sulfide) groups is 1. The van der Waals surface area contributed by atoms with E-state index in [0.29, 0.717) is 12.3 Å². The van der Waals surface area contributed by atoms with Crippen LogP contribution in [0.15, 0.2) is 6.20 Å². The van der Waals surface area contributed by atoms with Crippen molar-refractivity contribution in [1.82, 2.24) is 20.3 Å². The van der Waals surface area contributed by atoms with Gasteiger partial charge in [0.2, 0.25) is 0 Å². The number of aromatic nitrogens is 3. The highest BCUT2D eigenvalue weighted by atomic mass is 32.2. The monoisotopic (exact) mass is 242 g/mol. The molecule has 2 heterocycles. The molecule has 1 atom stereocenters. The van der Waals surface area contributed by atoms with Crippen LogP contribution in [0.5, 0.6) is 0 Å². The van der Waals surface area contributed by atoms with E-state index in [1.807, 2.05) is 0 Å². The molecule has 1 aromatic heterocycles. The van der Waals surface area contributed by atoms with Crippen LogP contribution in [-0.4, -0.2) is 61.4 Å². The van der Waals surface area contributed by atoms with Gasteiger partial charge in [-0.2, -0.15) is 27.2 Å². The number of nitrogens with zero attached hydrogens (tertiary/aromatic N) is 3. The highest BCUT2D eigenvalue weighted by Crippen LogP contribution is 2.18. The van der Waals surface area contributed by atoms with Crippen molar-refractivity contribution in [3.05, 3.63) is 11.9 Å². The minimum absolute atomic E-state index is 0.151. The van der Waals surface area contributed by atoms with Crippen molar-refractivity contribution in [1.29, 1.82) is 0 Å². The molecule has 0 saturated carbocycles. The smallest absolute Gasteiger partial charge is 0.327 e. The van der Waals surface area contributed by atoms with Gasteiger partial charge in [-0.3, -0.25) is 4.79 Å². The summed E-state index contributed by atoms with van der Waals surface area (Å²) in [6.45, 7) is 0.424. The van der Waals surface area contributed by atoms with E-state index in [1.54, 1.807) is 0 Å². The summed E-state index contributed by atoms with van der Waals surface area (Å²) in [6.07, 6.45) is 1.29. The van der Waals surface area contributed by atoms with Crippen LogP contribution in [0.3, 0.4) is 0 Å². The molecule has 0 aromatic carbocycles. The number of carbonyl (C=O) groups is 2. The van der Waals surface area contributed by atoms with Gasteiger partial charge < -0.3 is 10.0 Å². The maximum absolute atomic E-state index is 11.9. The molecule has 1 fully saturated rings. The minimum atomic E-state index is -0.982. The molecular weight excluding hydrogens is 232 g/mol. The zero-order valence-electron chi connectivity index (χ0n) is 8.29. The molecule has 8 heteroatoms. The number of carboxylic acid groups (broad SMARTS) is 1. The Morgan fingerprint density at radius 3 is 3.06 bits per heavy atom. The highest BCUT2D eigenvalue weighted by molar-refractivity contribution is 7.99. The summed E-state index contributed by atoms with van der Waals surface area (Å²) in [5.41, 5.74) is 0.151. The number of aromatic amines is 1. The second-order valence-corrected chi connectivity index (χ2v) is 4.43. The van der Waals surface area contributed by atoms with Crippen molar-refractivity contribution in [2.24, 2.45) is 0 Å². The van der Waals surface area contributed by atoms with Crippen LogP contribution in [0, 0.1) is 0 Å².